The van der Waals surface area contributed by atoms with E-state index in [-0.39, 0.29) is 11.7 Å². The first-order valence-corrected chi connectivity index (χ1v) is 7.22. The van der Waals surface area contributed by atoms with Crippen LogP contribution in [0.1, 0.15) is 23.7 Å². The molecule has 0 N–H and O–H groups in total. The predicted octanol–water partition coefficient (Wildman–Crippen LogP) is 0.739. The Hall–Kier alpha value is -1.95. The fourth-order valence-electron chi connectivity index (χ4n) is 2.59. The molecule has 0 saturated carbocycles. The number of aryl methyl sites for hydroxylation is 1. The molecular weight excluding hydrogens is 274 g/mol. The molecule has 2 aromatic heterocycles. The fraction of sp³-hybridized carbons (Fsp3) is 0.357. The monoisotopic (exact) mass is 289 g/mol. The Labute approximate surface area is 120 Å². The first kappa shape index (κ1) is 13.1. The van der Waals surface area contributed by atoms with Crippen molar-refractivity contribution in [1.29, 1.82) is 0 Å². The van der Waals surface area contributed by atoms with Crippen LogP contribution in [0, 0.1) is 5.92 Å². The van der Waals surface area contributed by atoms with E-state index in [1.807, 2.05) is 12.4 Å². The molecule has 0 spiro atoms. The molecule has 0 radical (unpaired) electrons. The zero-order valence-electron chi connectivity index (χ0n) is 11.6. The number of ketones is 1. The third-order valence-electron chi connectivity index (χ3n) is 3.69. The lowest BCUT2D eigenvalue weighted by Crippen LogP contribution is -2.32. The molecule has 1 aliphatic carbocycles. The van der Waals surface area contributed by atoms with Crippen LogP contribution in [0.3, 0.4) is 0 Å². The maximum atomic E-state index is 12.7. The third-order valence-corrected chi connectivity index (χ3v) is 4.51. The van der Waals surface area contributed by atoms with Crippen LogP contribution in [-0.2, 0) is 7.05 Å². The van der Waals surface area contributed by atoms with Crippen molar-refractivity contribution in [3.63, 3.8) is 0 Å². The SMILES string of the molecule is COc1c(C(=O)C2CC=c3scnc3=C2C)cnn1C. The number of carbonyl (C=O) groups excluding carboxylic acids is 1. The van der Waals surface area contributed by atoms with Crippen molar-refractivity contribution in [2.24, 2.45) is 13.0 Å². The van der Waals surface area contributed by atoms with Crippen molar-refractivity contribution >= 4 is 28.8 Å². The predicted molar refractivity (Wildman–Crippen MR) is 77.1 cm³/mol. The number of aromatic nitrogens is 3. The number of nitrogens with zero attached hydrogens (tertiary/aromatic N) is 3. The van der Waals surface area contributed by atoms with Crippen molar-refractivity contribution in [3.8, 4) is 5.88 Å². The summed E-state index contributed by atoms with van der Waals surface area (Å²) in [6, 6.07) is 0. The summed E-state index contributed by atoms with van der Waals surface area (Å²) < 4.78 is 7.99. The Balaban J connectivity index is 2.04. The normalized spacial score (nSPS) is 17.6. The van der Waals surface area contributed by atoms with E-state index in [0.717, 1.165) is 15.5 Å². The van der Waals surface area contributed by atoms with Crippen LogP contribution >= 0.6 is 11.3 Å². The van der Waals surface area contributed by atoms with Crippen LogP contribution in [-0.4, -0.2) is 27.7 Å². The van der Waals surface area contributed by atoms with Gasteiger partial charge in [-0.15, -0.1) is 11.3 Å². The van der Waals surface area contributed by atoms with E-state index in [1.165, 1.54) is 0 Å². The molecule has 0 aliphatic heterocycles. The van der Waals surface area contributed by atoms with E-state index in [0.29, 0.717) is 17.9 Å². The van der Waals surface area contributed by atoms with Gasteiger partial charge in [-0.3, -0.25) is 4.79 Å². The number of hydrogen-bond donors (Lipinski definition) is 0. The highest BCUT2D eigenvalue weighted by atomic mass is 32.1. The first-order chi connectivity index (χ1) is 9.63. The van der Waals surface area contributed by atoms with E-state index in [4.69, 9.17) is 4.74 Å². The molecule has 0 bridgehead atoms. The van der Waals surface area contributed by atoms with E-state index in [9.17, 15) is 4.79 Å². The second kappa shape index (κ2) is 4.86. The van der Waals surface area contributed by atoms with Crippen molar-refractivity contribution in [2.75, 3.05) is 7.11 Å². The number of rotatable bonds is 3. The molecule has 2 heterocycles. The number of hydrogen-bond acceptors (Lipinski definition) is 5. The van der Waals surface area contributed by atoms with Gasteiger partial charge in [-0.1, -0.05) is 6.08 Å². The molecule has 5 nitrogen and oxygen atoms in total. The lowest BCUT2D eigenvalue weighted by atomic mass is 9.87. The summed E-state index contributed by atoms with van der Waals surface area (Å²) in [5, 5.41) is 5.05. The molecule has 20 heavy (non-hydrogen) atoms. The van der Waals surface area contributed by atoms with Crippen LogP contribution in [0.2, 0.25) is 0 Å². The zero-order chi connectivity index (χ0) is 14.3. The van der Waals surface area contributed by atoms with Crippen molar-refractivity contribution in [2.45, 2.75) is 13.3 Å². The standard InChI is InChI=1S/C14H15N3O2S/c1-8-9(4-5-11-12(8)15-7-20-11)13(18)10-6-16-17(2)14(10)19-3/h5-7,9H,4H2,1-3H3. The molecule has 3 rings (SSSR count). The molecule has 1 aliphatic rings. The smallest absolute Gasteiger partial charge is 0.222 e. The van der Waals surface area contributed by atoms with Gasteiger partial charge in [0.2, 0.25) is 5.88 Å². The summed E-state index contributed by atoms with van der Waals surface area (Å²) in [5.74, 6) is 0.372. The molecule has 2 aromatic rings. The molecule has 0 amide bonds. The van der Waals surface area contributed by atoms with Crippen molar-refractivity contribution in [1.82, 2.24) is 14.8 Å². The average Bonchev–Trinajstić information content (AvgIpc) is 3.05. The minimum absolute atomic E-state index is 0.0438. The zero-order valence-corrected chi connectivity index (χ0v) is 12.4. The topological polar surface area (TPSA) is 57.0 Å². The van der Waals surface area contributed by atoms with Crippen molar-refractivity contribution in [3.05, 3.63) is 27.2 Å². The lowest BCUT2D eigenvalue weighted by molar-refractivity contribution is 0.0947. The summed E-state index contributed by atoms with van der Waals surface area (Å²) in [6.07, 6.45) is 4.37. The Morgan fingerprint density at radius 1 is 1.55 bits per heavy atom. The molecular formula is C14H15N3O2S. The first-order valence-electron chi connectivity index (χ1n) is 6.34. The maximum absolute atomic E-state index is 12.7. The van der Waals surface area contributed by atoms with Crippen LogP contribution in [0.4, 0.5) is 0 Å². The van der Waals surface area contributed by atoms with Crippen LogP contribution in [0.25, 0.3) is 11.6 Å². The van der Waals surface area contributed by atoms with Gasteiger partial charge < -0.3 is 4.74 Å². The van der Waals surface area contributed by atoms with Gasteiger partial charge in [-0.05, 0) is 18.9 Å². The van der Waals surface area contributed by atoms with Gasteiger partial charge >= 0.3 is 0 Å². The highest BCUT2D eigenvalue weighted by Gasteiger charge is 2.28. The van der Waals surface area contributed by atoms with Gasteiger partial charge in [-0.2, -0.15) is 5.10 Å². The largest absolute Gasteiger partial charge is 0.481 e. The Morgan fingerprint density at radius 2 is 2.35 bits per heavy atom. The fourth-order valence-corrected chi connectivity index (χ4v) is 3.38. The number of ether oxygens (including phenoxy) is 1. The summed E-state index contributed by atoms with van der Waals surface area (Å²) in [4.78, 5) is 17.1. The van der Waals surface area contributed by atoms with E-state index in [2.05, 4.69) is 16.2 Å². The maximum Gasteiger partial charge on any atom is 0.222 e. The van der Waals surface area contributed by atoms with Gasteiger partial charge in [0.05, 0.1) is 28.7 Å². The van der Waals surface area contributed by atoms with Gasteiger partial charge in [-0.25, -0.2) is 9.67 Å². The second-order valence-electron chi connectivity index (χ2n) is 4.80. The van der Waals surface area contributed by atoms with Crippen LogP contribution in [0.5, 0.6) is 5.88 Å². The van der Waals surface area contributed by atoms with Gasteiger partial charge in [0.25, 0.3) is 0 Å². The van der Waals surface area contributed by atoms with Crippen LogP contribution < -0.4 is 14.6 Å². The molecule has 104 valence electrons. The van der Waals surface area contributed by atoms with Gasteiger partial charge in [0.1, 0.15) is 5.56 Å². The van der Waals surface area contributed by atoms with E-state index < -0.39 is 0 Å². The summed E-state index contributed by atoms with van der Waals surface area (Å²) >= 11 is 1.61. The molecule has 0 aromatic carbocycles. The van der Waals surface area contributed by atoms with E-state index in [1.54, 1.807) is 36.4 Å². The number of Topliss-reactive ketones (excluding diaryl/α,β-unsaturated/α-hetero) is 1. The Bertz CT molecular complexity index is 788. The minimum atomic E-state index is -0.178. The average molecular weight is 289 g/mol. The third kappa shape index (κ3) is 1.87. The van der Waals surface area contributed by atoms with E-state index >= 15 is 0 Å². The lowest BCUT2D eigenvalue weighted by Gasteiger charge is -2.16. The number of fused-ring (bicyclic) bond motifs is 1. The summed E-state index contributed by atoms with van der Waals surface area (Å²) in [5.41, 5.74) is 3.38. The van der Waals surface area contributed by atoms with Crippen molar-refractivity contribution < 1.29 is 9.53 Å². The number of methoxy groups -OCH3 is 1. The minimum Gasteiger partial charge on any atom is -0.481 e. The number of carbonyl (C=O) groups is 1. The Kier molecular flexibility index (Phi) is 3.17. The van der Waals surface area contributed by atoms with Gasteiger partial charge in [0, 0.05) is 13.0 Å². The molecule has 0 saturated heterocycles. The van der Waals surface area contributed by atoms with Gasteiger partial charge in [0.15, 0.2) is 5.78 Å². The summed E-state index contributed by atoms with van der Waals surface area (Å²) in [7, 11) is 3.31. The van der Waals surface area contributed by atoms with Crippen LogP contribution in [0.15, 0.2) is 11.7 Å². The molecule has 1 atom stereocenters. The Morgan fingerprint density at radius 3 is 3.10 bits per heavy atom. The highest BCUT2D eigenvalue weighted by molar-refractivity contribution is 7.07. The molecule has 1 unspecified atom stereocenters. The molecule has 0 fully saturated rings. The second-order valence-corrected chi connectivity index (χ2v) is 5.68. The number of thiazole rings is 1. The highest BCUT2D eigenvalue weighted by Crippen LogP contribution is 2.27. The molecule has 6 heteroatoms. The summed E-state index contributed by atoms with van der Waals surface area (Å²) in [6.45, 7) is 1.98. The quantitative estimate of drug-likeness (QED) is 0.782.